The van der Waals surface area contributed by atoms with Crippen molar-refractivity contribution in [2.24, 2.45) is 5.10 Å². The van der Waals surface area contributed by atoms with E-state index in [1.165, 1.54) is 30.1 Å². The number of rotatable bonds is 9. The molecule has 0 unspecified atom stereocenters. The number of nitrogens with zero attached hydrogens (tertiary/aromatic N) is 5. The number of hydrogen-bond acceptors (Lipinski definition) is 8. The molecule has 0 radical (unpaired) electrons. The molecule has 4 rings (SSSR count). The van der Waals surface area contributed by atoms with Gasteiger partial charge in [0.25, 0.3) is 11.6 Å². The molecule has 1 N–H and O–H groups in total. The van der Waals surface area contributed by atoms with Gasteiger partial charge in [0.2, 0.25) is 0 Å². The molecule has 0 aliphatic heterocycles. The number of carbonyl (C=O) groups is 1. The van der Waals surface area contributed by atoms with Gasteiger partial charge in [-0.05, 0) is 48.5 Å². The highest BCUT2D eigenvalue weighted by Crippen LogP contribution is 2.29. The van der Waals surface area contributed by atoms with Crippen LogP contribution in [0.25, 0.3) is 17.1 Å². The summed E-state index contributed by atoms with van der Waals surface area (Å²) in [5.74, 6) is 0.943. The van der Waals surface area contributed by atoms with E-state index in [2.05, 4.69) is 20.7 Å². The van der Waals surface area contributed by atoms with Gasteiger partial charge >= 0.3 is 0 Å². The number of hydrazone groups is 1. The van der Waals surface area contributed by atoms with E-state index in [9.17, 15) is 14.9 Å². The number of nitro benzene ring substituents is 1. The third kappa shape index (κ3) is 6.06. The molecule has 0 saturated heterocycles. The van der Waals surface area contributed by atoms with Crippen LogP contribution in [0.4, 0.5) is 5.69 Å². The average Bonchev–Trinajstić information content (AvgIpc) is 3.32. The summed E-state index contributed by atoms with van der Waals surface area (Å²) in [6.07, 6.45) is 1.34. The molecule has 182 valence electrons. The highest BCUT2D eigenvalue weighted by atomic mass is 35.5. The maximum atomic E-state index is 12.4. The Morgan fingerprint density at radius 3 is 2.61 bits per heavy atom. The molecule has 1 amide bonds. The van der Waals surface area contributed by atoms with Crippen LogP contribution >= 0.6 is 23.4 Å². The lowest BCUT2D eigenvalue weighted by atomic mass is 10.2. The summed E-state index contributed by atoms with van der Waals surface area (Å²) < 4.78 is 7.07. The molecule has 0 saturated carbocycles. The SMILES string of the molecule is COc1ccc(-c2nnc(SCC(=O)NN=Cc3cccc([N+](=O)[O-])c3)n2-c2ccc(Cl)cc2)cc1. The molecule has 4 aromatic rings. The fourth-order valence-electron chi connectivity index (χ4n) is 3.17. The normalized spacial score (nSPS) is 10.9. The van der Waals surface area contributed by atoms with Crippen molar-refractivity contribution in [2.75, 3.05) is 12.9 Å². The third-order valence-corrected chi connectivity index (χ3v) is 6.06. The van der Waals surface area contributed by atoms with Crippen LogP contribution in [0.1, 0.15) is 5.56 Å². The Hall–Kier alpha value is -4.22. The maximum Gasteiger partial charge on any atom is 0.270 e. The molecule has 0 atom stereocenters. The highest BCUT2D eigenvalue weighted by Gasteiger charge is 2.17. The first kappa shape index (κ1) is 24.9. The average molecular weight is 523 g/mol. The van der Waals surface area contributed by atoms with Crippen LogP contribution in [-0.2, 0) is 4.79 Å². The number of nitro groups is 1. The van der Waals surface area contributed by atoms with Gasteiger partial charge in [0.15, 0.2) is 11.0 Å². The molecule has 12 heteroatoms. The van der Waals surface area contributed by atoms with Gasteiger partial charge in [0, 0.05) is 34.0 Å². The number of aromatic nitrogens is 3. The number of amides is 1. The van der Waals surface area contributed by atoms with Crippen LogP contribution in [0.5, 0.6) is 5.75 Å². The standard InChI is InChI=1S/C24H19ClN6O4S/c1-35-21-11-5-17(6-12-21)23-28-29-24(30(23)19-9-7-18(25)8-10-19)36-15-22(32)27-26-14-16-3-2-4-20(13-16)31(33)34/h2-14H,15H2,1H3,(H,27,32). The second-order valence-corrected chi connectivity index (χ2v) is 8.66. The Balaban J connectivity index is 1.50. The Labute approximate surface area is 215 Å². The van der Waals surface area contributed by atoms with Crippen molar-refractivity contribution in [3.05, 3.63) is 93.5 Å². The number of non-ortho nitro benzene ring substituents is 1. The van der Waals surface area contributed by atoms with E-state index in [0.717, 1.165) is 11.3 Å². The lowest BCUT2D eigenvalue weighted by Gasteiger charge is -2.11. The first-order chi connectivity index (χ1) is 17.4. The number of nitrogens with one attached hydrogen (secondary N) is 1. The van der Waals surface area contributed by atoms with Crippen molar-refractivity contribution in [1.82, 2.24) is 20.2 Å². The minimum atomic E-state index is -0.496. The fourth-order valence-corrected chi connectivity index (χ4v) is 4.04. The van der Waals surface area contributed by atoms with Gasteiger partial charge in [-0.15, -0.1) is 10.2 Å². The van der Waals surface area contributed by atoms with Gasteiger partial charge in [-0.2, -0.15) is 5.10 Å². The summed E-state index contributed by atoms with van der Waals surface area (Å²) in [7, 11) is 1.60. The monoisotopic (exact) mass is 522 g/mol. The number of halogens is 1. The lowest BCUT2D eigenvalue weighted by Crippen LogP contribution is -2.20. The Kier molecular flexibility index (Phi) is 7.93. The Morgan fingerprint density at radius 2 is 1.92 bits per heavy atom. The van der Waals surface area contributed by atoms with Crippen LogP contribution in [0, 0.1) is 10.1 Å². The first-order valence-corrected chi connectivity index (χ1v) is 11.9. The summed E-state index contributed by atoms with van der Waals surface area (Å²) in [6, 6.07) is 20.5. The van der Waals surface area contributed by atoms with Gasteiger partial charge in [-0.1, -0.05) is 35.5 Å². The minimum Gasteiger partial charge on any atom is -0.497 e. The number of benzene rings is 3. The van der Waals surface area contributed by atoms with E-state index in [1.807, 2.05) is 41.0 Å². The van der Waals surface area contributed by atoms with Gasteiger partial charge in [0.1, 0.15) is 5.75 Å². The van der Waals surface area contributed by atoms with E-state index < -0.39 is 4.92 Å². The van der Waals surface area contributed by atoms with Crippen LogP contribution in [0.2, 0.25) is 5.02 Å². The van der Waals surface area contributed by atoms with Gasteiger partial charge in [-0.25, -0.2) is 5.43 Å². The van der Waals surface area contributed by atoms with Crippen molar-refractivity contribution in [2.45, 2.75) is 5.16 Å². The molecular weight excluding hydrogens is 504 g/mol. The Morgan fingerprint density at radius 1 is 1.17 bits per heavy atom. The molecule has 0 aliphatic rings. The van der Waals surface area contributed by atoms with Gasteiger partial charge < -0.3 is 4.74 Å². The number of carbonyl (C=O) groups excluding carboxylic acids is 1. The second-order valence-electron chi connectivity index (χ2n) is 7.28. The third-order valence-electron chi connectivity index (χ3n) is 4.88. The molecule has 3 aromatic carbocycles. The molecule has 1 heterocycles. The lowest BCUT2D eigenvalue weighted by molar-refractivity contribution is -0.384. The number of methoxy groups -OCH3 is 1. The zero-order chi connectivity index (χ0) is 25.5. The van der Waals surface area contributed by atoms with E-state index in [1.54, 1.807) is 31.4 Å². The molecule has 0 aliphatic carbocycles. The van der Waals surface area contributed by atoms with Crippen molar-refractivity contribution in [3.8, 4) is 22.8 Å². The van der Waals surface area contributed by atoms with Crippen molar-refractivity contribution >= 4 is 41.2 Å². The zero-order valence-corrected chi connectivity index (χ0v) is 20.4. The summed E-state index contributed by atoms with van der Waals surface area (Å²) in [5, 5.41) is 24.5. The van der Waals surface area contributed by atoms with Crippen LogP contribution in [0.15, 0.2) is 83.1 Å². The van der Waals surface area contributed by atoms with Crippen molar-refractivity contribution in [3.63, 3.8) is 0 Å². The first-order valence-electron chi connectivity index (χ1n) is 10.5. The van der Waals surface area contributed by atoms with Crippen LogP contribution in [0.3, 0.4) is 0 Å². The molecule has 36 heavy (non-hydrogen) atoms. The topological polar surface area (TPSA) is 125 Å². The summed E-state index contributed by atoms with van der Waals surface area (Å²) in [4.78, 5) is 22.8. The Bertz CT molecular complexity index is 1410. The molecular formula is C24H19ClN6O4S. The van der Waals surface area contributed by atoms with Gasteiger partial charge in [0.05, 0.1) is 24.0 Å². The maximum absolute atomic E-state index is 12.4. The molecule has 1 aromatic heterocycles. The predicted molar refractivity (Wildman–Crippen MR) is 138 cm³/mol. The van der Waals surface area contributed by atoms with Crippen molar-refractivity contribution < 1.29 is 14.5 Å². The van der Waals surface area contributed by atoms with E-state index in [0.29, 0.717) is 27.3 Å². The van der Waals surface area contributed by atoms with Crippen molar-refractivity contribution in [1.29, 1.82) is 0 Å². The molecule has 0 bridgehead atoms. The van der Waals surface area contributed by atoms with E-state index in [4.69, 9.17) is 16.3 Å². The fraction of sp³-hybridized carbons (Fsp3) is 0.0833. The highest BCUT2D eigenvalue weighted by molar-refractivity contribution is 7.99. The second kappa shape index (κ2) is 11.5. The predicted octanol–water partition coefficient (Wildman–Crippen LogP) is 4.75. The molecule has 10 nitrogen and oxygen atoms in total. The summed E-state index contributed by atoms with van der Waals surface area (Å²) in [6.45, 7) is 0. The number of thioether (sulfide) groups is 1. The van der Waals surface area contributed by atoms with Crippen LogP contribution in [-0.4, -0.2) is 44.7 Å². The number of hydrogen-bond donors (Lipinski definition) is 1. The smallest absolute Gasteiger partial charge is 0.270 e. The summed E-state index contributed by atoms with van der Waals surface area (Å²) >= 11 is 7.25. The van der Waals surface area contributed by atoms with Gasteiger partial charge in [-0.3, -0.25) is 19.5 Å². The van der Waals surface area contributed by atoms with E-state index >= 15 is 0 Å². The van der Waals surface area contributed by atoms with E-state index in [-0.39, 0.29) is 17.3 Å². The quantitative estimate of drug-likeness (QED) is 0.145. The minimum absolute atomic E-state index is 0.0145. The number of ether oxygens (including phenoxy) is 1. The summed E-state index contributed by atoms with van der Waals surface area (Å²) in [5.41, 5.74) is 4.44. The molecule has 0 spiro atoms. The largest absolute Gasteiger partial charge is 0.497 e. The van der Waals surface area contributed by atoms with Crippen LogP contribution < -0.4 is 10.2 Å². The zero-order valence-electron chi connectivity index (χ0n) is 18.9. The molecule has 0 fully saturated rings.